The number of alkyl halides is 3. The Morgan fingerprint density at radius 2 is 2.00 bits per heavy atom. The van der Waals surface area contributed by atoms with Gasteiger partial charge in [-0.3, -0.25) is 4.79 Å². The lowest BCUT2D eigenvalue weighted by Crippen LogP contribution is -2.21. The first-order valence-corrected chi connectivity index (χ1v) is 4.10. The van der Waals surface area contributed by atoms with Crippen molar-refractivity contribution in [3.63, 3.8) is 0 Å². The molecule has 1 atom stereocenters. The highest BCUT2D eigenvalue weighted by Crippen LogP contribution is 2.39. The Kier molecular flexibility index (Phi) is 1.97. The summed E-state index contributed by atoms with van der Waals surface area (Å²) in [7, 11) is 0. The number of Topliss-reactive ketones (excluding diaryl/α,β-unsaturated/α-hetero) is 1. The van der Waals surface area contributed by atoms with Crippen LogP contribution in [0.2, 0.25) is 0 Å². The Labute approximate surface area is 82.5 Å². The average molecular weight is 217 g/mol. The lowest BCUT2D eigenvalue weighted by Gasteiger charge is -2.11. The predicted molar refractivity (Wildman–Crippen MR) is 45.4 cm³/mol. The molecule has 1 aliphatic rings. The van der Waals surface area contributed by atoms with E-state index in [2.05, 4.69) is 5.32 Å². The Hall–Kier alpha value is -1.56. The number of hydrogen-bond acceptors (Lipinski definition) is 3. The van der Waals surface area contributed by atoms with Crippen LogP contribution in [0.3, 0.4) is 0 Å². The number of fused-ring (bicyclic) bond motifs is 1. The molecule has 0 saturated carbocycles. The van der Waals surface area contributed by atoms with Crippen molar-refractivity contribution in [1.82, 2.24) is 0 Å². The summed E-state index contributed by atoms with van der Waals surface area (Å²) in [6, 6.07) is 3.24. The lowest BCUT2D eigenvalue weighted by molar-refractivity contribution is -0.136. The highest BCUT2D eigenvalue weighted by atomic mass is 19.4. The fraction of sp³-hybridized carbons (Fsp3) is 0.222. The van der Waals surface area contributed by atoms with Gasteiger partial charge in [-0.05, 0) is 12.1 Å². The molecule has 3 nitrogen and oxygen atoms in total. The molecule has 1 unspecified atom stereocenters. The quantitative estimate of drug-likeness (QED) is 0.694. The summed E-state index contributed by atoms with van der Waals surface area (Å²) < 4.78 is 37.4. The molecule has 0 saturated heterocycles. The first kappa shape index (κ1) is 9.97. The van der Waals surface area contributed by atoms with Gasteiger partial charge in [0, 0.05) is 5.56 Å². The normalized spacial score (nSPS) is 20.0. The molecule has 0 aliphatic carbocycles. The molecule has 2 N–H and O–H groups in total. The van der Waals surface area contributed by atoms with Crippen LogP contribution in [0.1, 0.15) is 15.9 Å². The number of halogens is 3. The monoisotopic (exact) mass is 217 g/mol. The molecule has 0 aromatic heterocycles. The summed E-state index contributed by atoms with van der Waals surface area (Å²) >= 11 is 0. The van der Waals surface area contributed by atoms with Gasteiger partial charge in [0.25, 0.3) is 0 Å². The maximum atomic E-state index is 12.5. The first-order chi connectivity index (χ1) is 6.91. The fourth-order valence-electron chi connectivity index (χ4n) is 1.50. The minimum atomic E-state index is -4.54. The Balaban J connectivity index is 2.60. The van der Waals surface area contributed by atoms with Crippen molar-refractivity contribution < 1.29 is 23.1 Å². The van der Waals surface area contributed by atoms with Gasteiger partial charge in [0.15, 0.2) is 6.23 Å². The summed E-state index contributed by atoms with van der Waals surface area (Å²) in [6.07, 6.45) is -6.12. The SMILES string of the molecule is O=C1c2cccc(C(F)(F)F)c2NC1O. The number of benzene rings is 1. The van der Waals surface area contributed by atoms with Gasteiger partial charge in [-0.25, -0.2) is 0 Å². The molecule has 0 amide bonds. The van der Waals surface area contributed by atoms with E-state index in [0.29, 0.717) is 0 Å². The highest BCUT2D eigenvalue weighted by Gasteiger charge is 2.39. The molecule has 2 rings (SSSR count). The third kappa shape index (κ3) is 1.46. The maximum absolute atomic E-state index is 12.5. The third-order valence-corrected chi connectivity index (χ3v) is 2.16. The number of anilines is 1. The standard InChI is InChI=1S/C9H6F3NO2/c10-9(11,12)5-3-1-2-4-6(5)13-8(15)7(4)14/h1-3,8,13,15H. The van der Waals surface area contributed by atoms with E-state index in [1.165, 1.54) is 6.07 Å². The van der Waals surface area contributed by atoms with E-state index in [1.807, 2.05) is 0 Å². The van der Waals surface area contributed by atoms with Crippen LogP contribution >= 0.6 is 0 Å². The number of aliphatic hydroxyl groups excluding tert-OH is 1. The number of carbonyl (C=O) groups is 1. The summed E-state index contributed by atoms with van der Waals surface area (Å²) in [6.45, 7) is 0. The molecule has 0 spiro atoms. The number of carbonyl (C=O) groups excluding carboxylic acids is 1. The van der Waals surface area contributed by atoms with Crippen molar-refractivity contribution in [3.05, 3.63) is 29.3 Å². The molecule has 0 bridgehead atoms. The zero-order valence-electron chi connectivity index (χ0n) is 7.30. The molecular weight excluding hydrogens is 211 g/mol. The zero-order chi connectivity index (χ0) is 11.2. The minimum Gasteiger partial charge on any atom is -0.367 e. The zero-order valence-corrected chi connectivity index (χ0v) is 7.30. The van der Waals surface area contributed by atoms with Crippen molar-refractivity contribution in [2.45, 2.75) is 12.4 Å². The molecule has 1 aromatic rings. The number of aliphatic hydroxyl groups is 1. The van der Waals surface area contributed by atoms with E-state index in [-0.39, 0.29) is 11.3 Å². The van der Waals surface area contributed by atoms with Crippen molar-refractivity contribution in [1.29, 1.82) is 0 Å². The number of para-hydroxylation sites is 1. The third-order valence-electron chi connectivity index (χ3n) is 2.16. The van der Waals surface area contributed by atoms with Crippen LogP contribution < -0.4 is 5.32 Å². The first-order valence-electron chi connectivity index (χ1n) is 4.10. The predicted octanol–water partition coefficient (Wildman–Crippen LogP) is 1.63. The second-order valence-electron chi connectivity index (χ2n) is 3.14. The van der Waals surface area contributed by atoms with E-state index < -0.39 is 23.8 Å². The van der Waals surface area contributed by atoms with E-state index in [4.69, 9.17) is 5.11 Å². The summed E-state index contributed by atoms with van der Waals surface area (Å²) in [5, 5.41) is 11.2. The molecule has 0 radical (unpaired) electrons. The number of nitrogens with one attached hydrogen (secondary N) is 1. The van der Waals surface area contributed by atoms with Crippen molar-refractivity contribution in [2.75, 3.05) is 5.32 Å². The molecule has 1 aromatic carbocycles. The van der Waals surface area contributed by atoms with Gasteiger partial charge in [0.2, 0.25) is 5.78 Å². The molecule has 80 valence electrons. The summed E-state index contributed by atoms with van der Waals surface area (Å²) in [5.41, 5.74) is -1.41. The van der Waals surface area contributed by atoms with Crippen LogP contribution in [0.4, 0.5) is 18.9 Å². The minimum absolute atomic E-state index is 0.127. The average Bonchev–Trinajstić information content (AvgIpc) is 2.41. The largest absolute Gasteiger partial charge is 0.418 e. The van der Waals surface area contributed by atoms with Crippen LogP contribution in [-0.4, -0.2) is 17.1 Å². The molecule has 0 fully saturated rings. The smallest absolute Gasteiger partial charge is 0.367 e. The highest BCUT2D eigenvalue weighted by molar-refractivity contribution is 6.10. The van der Waals surface area contributed by atoms with Gasteiger partial charge < -0.3 is 10.4 Å². The van der Waals surface area contributed by atoms with Crippen molar-refractivity contribution >= 4 is 11.5 Å². The van der Waals surface area contributed by atoms with E-state index in [0.717, 1.165) is 12.1 Å². The van der Waals surface area contributed by atoms with Crippen LogP contribution in [0, 0.1) is 0 Å². The van der Waals surface area contributed by atoms with Gasteiger partial charge in [-0.15, -0.1) is 0 Å². The van der Waals surface area contributed by atoms with Crippen molar-refractivity contribution in [3.8, 4) is 0 Å². The van der Waals surface area contributed by atoms with E-state index >= 15 is 0 Å². The molecule has 15 heavy (non-hydrogen) atoms. The van der Waals surface area contributed by atoms with Gasteiger partial charge in [-0.2, -0.15) is 13.2 Å². The van der Waals surface area contributed by atoms with E-state index in [9.17, 15) is 18.0 Å². The topological polar surface area (TPSA) is 49.3 Å². The summed E-state index contributed by atoms with van der Waals surface area (Å²) in [4.78, 5) is 11.2. The van der Waals surface area contributed by atoms with Gasteiger partial charge in [-0.1, -0.05) is 6.07 Å². The number of hydrogen-bond donors (Lipinski definition) is 2. The summed E-state index contributed by atoms with van der Waals surface area (Å²) in [5.74, 6) is -0.740. The Morgan fingerprint density at radius 1 is 1.33 bits per heavy atom. The van der Waals surface area contributed by atoms with Crippen LogP contribution in [0.15, 0.2) is 18.2 Å². The van der Waals surface area contributed by atoms with Crippen LogP contribution in [0.25, 0.3) is 0 Å². The molecule has 1 heterocycles. The fourth-order valence-corrected chi connectivity index (χ4v) is 1.50. The van der Waals surface area contributed by atoms with Gasteiger partial charge >= 0.3 is 6.18 Å². The van der Waals surface area contributed by atoms with Gasteiger partial charge in [0.05, 0.1) is 11.3 Å². The van der Waals surface area contributed by atoms with E-state index in [1.54, 1.807) is 0 Å². The second-order valence-corrected chi connectivity index (χ2v) is 3.14. The van der Waals surface area contributed by atoms with Crippen LogP contribution in [-0.2, 0) is 6.18 Å². The Bertz CT molecular complexity index is 428. The van der Waals surface area contributed by atoms with Gasteiger partial charge in [0.1, 0.15) is 0 Å². The molecule has 1 aliphatic heterocycles. The second kappa shape index (κ2) is 2.96. The molecular formula is C9H6F3NO2. The Morgan fingerprint density at radius 3 is 2.60 bits per heavy atom. The lowest BCUT2D eigenvalue weighted by atomic mass is 10.1. The molecule has 6 heteroatoms. The maximum Gasteiger partial charge on any atom is 0.418 e. The van der Waals surface area contributed by atoms with Crippen molar-refractivity contribution in [2.24, 2.45) is 0 Å². The number of ketones is 1. The number of rotatable bonds is 0. The van der Waals surface area contributed by atoms with Crippen LogP contribution in [0.5, 0.6) is 0 Å².